The maximum atomic E-state index is 12.9. The number of urea groups is 1. The van der Waals surface area contributed by atoms with E-state index >= 15 is 0 Å². The second kappa shape index (κ2) is 7.54. The number of benzene rings is 1. The van der Waals surface area contributed by atoms with Gasteiger partial charge in [-0.05, 0) is 25.3 Å². The van der Waals surface area contributed by atoms with Crippen LogP contribution in [0.3, 0.4) is 0 Å². The van der Waals surface area contributed by atoms with Crippen LogP contribution in [0.5, 0.6) is 0 Å². The third-order valence-electron chi connectivity index (χ3n) is 5.26. The summed E-state index contributed by atoms with van der Waals surface area (Å²) in [5.74, 6) is -0.122. The highest BCUT2D eigenvalue weighted by Crippen LogP contribution is 2.34. The predicted octanol–water partition coefficient (Wildman–Crippen LogP) is 2.28. The summed E-state index contributed by atoms with van der Waals surface area (Å²) in [6, 6.07) is 9.12. The van der Waals surface area contributed by atoms with Crippen molar-refractivity contribution < 1.29 is 19.1 Å². The Morgan fingerprint density at radius 1 is 1.20 bits per heavy atom. The molecule has 1 aromatic carbocycles. The van der Waals surface area contributed by atoms with E-state index in [0.29, 0.717) is 32.9 Å². The zero-order chi connectivity index (χ0) is 17.9. The minimum Gasteiger partial charge on any atom is -0.384 e. The van der Waals surface area contributed by atoms with Gasteiger partial charge in [-0.2, -0.15) is 0 Å². The zero-order valence-electron chi connectivity index (χ0n) is 14.9. The molecule has 0 bridgehead atoms. The van der Waals surface area contributed by atoms with Crippen molar-refractivity contribution in [3.05, 3.63) is 35.9 Å². The molecule has 0 unspecified atom stereocenters. The van der Waals surface area contributed by atoms with Crippen LogP contribution in [-0.4, -0.2) is 61.3 Å². The average Bonchev–Trinajstić information content (AvgIpc) is 2.82. The largest absolute Gasteiger partial charge is 0.384 e. The summed E-state index contributed by atoms with van der Waals surface area (Å²) in [7, 11) is 1.66. The number of amides is 3. The number of rotatable bonds is 6. The van der Waals surface area contributed by atoms with Gasteiger partial charge in [-0.15, -0.1) is 0 Å². The van der Waals surface area contributed by atoms with E-state index in [1.54, 1.807) is 18.9 Å². The molecule has 3 rings (SSSR count). The SMILES string of the molecule is COCC1(CN2C(=O)[C@H](C)N(Cc3ccccc3)C2=O)CCOCC1. The number of hydrogen-bond donors (Lipinski definition) is 0. The lowest BCUT2D eigenvalue weighted by molar-refractivity contribution is -0.130. The van der Waals surface area contributed by atoms with E-state index in [1.807, 2.05) is 30.3 Å². The van der Waals surface area contributed by atoms with Crippen LogP contribution in [0, 0.1) is 5.41 Å². The van der Waals surface area contributed by atoms with Crippen molar-refractivity contribution in [1.29, 1.82) is 0 Å². The molecule has 0 aromatic heterocycles. The first kappa shape index (κ1) is 17.9. The van der Waals surface area contributed by atoms with E-state index in [4.69, 9.17) is 9.47 Å². The molecule has 2 aliphatic heterocycles. The molecule has 136 valence electrons. The quantitative estimate of drug-likeness (QED) is 0.742. The summed E-state index contributed by atoms with van der Waals surface area (Å²) in [4.78, 5) is 28.7. The van der Waals surface area contributed by atoms with Crippen molar-refractivity contribution in [2.45, 2.75) is 32.4 Å². The van der Waals surface area contributed by atoms with Crippen LogP contribution in [0.4, 0.5) is 4.79 Å². The second-order valence-corrected chi connectivity index (χ2v) is 7.04. The number of methoxy groups -OCH3 is 1. The summed E-state index contributed by atoms with van der Waals surface area (Å²) in [6.45, 7) is 4.46. The van der Waals surface area contributed by atoms with E-state index in [9.17, 15) is 9.59 Å². The lowest BCUT2D eigenvalue weighted by Crippen LogP contribution is -2.47. The molecular weight excluding hydrogens is 320 g/mol. The third kappa shape index (κ3) is 3.70. The Morgan fingerprint density at radius 2 is 1.88 bits per heavy atom. The molecule has 2 fully saturated rings. The lowest BCUT2D eigenvalue weighted by Gasteiger charge is -2.38. The molecule has 3 amide bonds. The van der Waals surface area contributed by atoms with Crippen LogP contribution in [0.2, 0.25) is 0 Å². The topological polar surface area (TPSA) is 59.1 Å². The first-order chi connectivity index (χ1) is 12.1. The maximum absolute atomic E-state index is 12.9. The molecule has 0 saturated carbocycles. The van der Waals surface area contributed by atoms with E-state index in [-0.39, 0.29) is 17.4 Å². The highest BCUT2D eigenvalue weighted by molar-refractivity contribution is 6.04. The molecule has 0 radical (unpaired) electrons. The van der Waals surface area contributed by atoms with E-state index in [2.05, 4.69) is 0 Å². The van der Waals surface area contributed by atoms with Crippen molar-refractivity contribution in [2.24, 2.45) is 5.41 Å². The minimum absolute atomic E-state index is 0.122. The van der Waals surface area contributed by atoms with Gasteiger partial charge in [0.1, 0.15) is 6.04 Å². The second-order valence-electron chi connectivity index (χ2n) is 7.04. The monoisotopic (exact) mass is 346 g/mol. The molecule has 6 nitrogen and oxygen atoms in total. The molecule has 2 heterocycles. The Hall–Kier alpha value is -1.92. The highest BCUT2D eigenvalue weighted by atomic mass is 16.5. The first-order valence-corrected chi connectivity index (χ1v) is 8.79. The van der Waals surface area contributed by atoms with Crippen LogP contribution in [0.25, 0.3) is 0 Å². The molecule has 0 N–H and O–H groups in total. The molecule has 6 heteroatoms. The third-order valence-corrected chi connectivity index (χ3v) is 5.26. The summed E-state index contributed by atoms with van der Waals surface area (Å²) in [6.07, 6.45) is 1.59. The van der Waals surface area contributed by atoms with Gasteiger partial charge in [-0.1, -0.05) is 30.3 Å². The number of carbonyl (C=O) groups is 2. The van der Waals surface area contributed by atoms with Gasteiger partial charge >= 0.3 is 6.03 Å². The smallest absolute Gasteiger partial charge is 0.327 e. The molecule has 2 aliphatic rings. The summed E-state index contributed by atoms with van der Waals surface area (Å²) in [5.41, 5.74) is 0.816. The van der Waals surface area contributed by atoms with Crippen LogP contribution in [0.15, 0.2) is 30.3 Å². The van der Waals surface area contributed by atoms with Crippen LogP contribution in [0.1, 0.15) is 25.3 Å². The van der Waals surface area contributed by atoms with Gasteiger partial charge in [0.25, 0.3) is 5.91 Å². The van der Waals surface area contributed by atoms with E-state index in [0.717, 1.165) is 18.4 Å². The van der Waals surface area contributed by atoms with Gasteiger partial charge in [0.2, 0.25) is 0 Å². The Morgan fingerprint density at radius 3 is 2.52 bits per heavy atom. The van der Waals surface area contributed by atoms with Crippen molar-refractivity contribution in [3.63, 3.8) is 0 Å². The fourth-order valence-corrected chi connectivity index (χ4v) is 3.70. The first-order valence-electron chi connectivity index (χ1n) is 8.79. The van der Waals surface area contributed by atoms with Gasteiger partial charge in [0.05, 0.1) is 6.61 Å². The normalized spacial score (nSPS) is 23.4. The van der Waals surface area contributed by atoms with Crippen molar-refractivity contribution in [3.8, 4) is 0 Å². The van der Waals surface area contributed by atoms with Gasteiger partial charge in [-0.3, -0.25) is 9.69 Å². The number of hydrogen-bond acceptors (Lipinski definition) is 4. The van der Waals surface area contributed by atoms with Gasteiger partial charge < -0.3 is 14.4 Å². The summed E-state index contributed by atoms with van der Waals surface area (Å²) >= 11 is 0. The van der Waals surface area contributed by atoms with Gasteiger partial charge in [-0.25, -0.2) is 4.79 Å². The van der Waals surface area contributed by atoms with Gasteiger partial charge in [0.15, 0.2) is 0 Å². The molecule has 1 aromatic rings. The number of ether oxygens (including phenoxy) is 2. The van der Waals surface area contributed by atoms with E-state index < -0.39 is 6.04 Å². The van der Waals surface area contributed by atoms with Crippen LogP contribution in [-0.2, 0) is 20.8 Å². The zero-order valence-corrected chi connectivity index (χ0v) is 14.9. The number of imide groups is 1. The Kier molecular flexibility index (Phi) is 5.39. The summed E-state index contributed by atoms with van der Waals surface area (Å²) in [5, 5.41) is 0. The fourth-order valence-electron chi connectivity index (χ4n) is 3.70. The molecule has 0 spiro atoms. The van der Waals surface area contributed by atoms with Crippen molar-refractivity contribution in [2.75, 3.05) is 33.5 Å². The van der Waals surface area contributed by atoms with Crippen molar-refractivity contribution in [1.82, 2.24) is 9.80 Å². The average molecular weight is 346 g/mol. The fraction of sp³-hybridized carbons (Fsp3) is 0.579. The maximum Gasteiger partial charge on any atom is 0.327 e. The minimum atomic E-state index is -0.438. The Bertz CT molecular complexity index is 608. The Labute approximate surface area is 148 Å². The standard InChI is InChI=1S/C19H26N2O4/c1-15-17(22)21(13-19(14-24-2)8-10-25-11-9-19)18(23)20(15)12-16-6-4-3-5-7-16/h3-7,15H,8-14H2,1-2H3/t15-/m0/s1. The lowest BCUT2D eigenvalue weighted by atomic mass is 9.80. The van der Waals surface area contributed by atoms with Gasteiger partial charge in [0, 0.05) is 38.8 Å². The number of nitrogens with zero attached hydrogens (tertiary/aromatic N) is 2. The Balaban J connectivity index is 1.75. The summed E-state index contributed by atoms with van der Waals surface area (Å²) < 4.78 is 10.9. The molecule has 2 saturated heterocycles. The molecule has 1 atom stereocenters. The predicted molar refractivity (Wildman–Crippen MR) is 92.9 cm³/mol. The highest BCUT2D eigenvalue weighted by Gasteiger charge is 2.46. The van der Waals surface area contributed by atoms with E-state index in [1.165, 1.54) is 4.90 Å². The van der Waals surface area contributed by atoms with Crippen LogP contribution >= 0.6 is 0 Å². The van der Waals surface area contributed by atoms with Crippen LogP contribution < -0.4 is 0 Å². The number of carbonyl (C=O) groups excluding carboxylic acids is 2. The molecule has 25 heavy (non-hydrogen) atoms. The molecular formula is C19H26N2O4. The van der Waals surface area contributed by atoms with Crippen molar-refractivity contribution >= 4 is 11.9 Å². The molecule has 0 aliphatic carbocycles.